The molecular weight excluding hydrogens is 242 g/mol. The average Bonchev–Trinajstić information content (AvgIpc) is 2.94. The first-order valence-corrected chi connectivity index (χ1v) is 9.27. The van der Waals surface area contributed by atoms with Crippen LogP contribution in [0.3, 0.4) is 0 Å². The molecule has 0 aromatic heterocycles. The molecular formula is C19H31N. The first-order chi connectivity index (χ1) is 9.85. The molecule has 0 aromatic rings. The zero-order chi connectivity index (χ0) is 13.5. The summed E-state index contributed by atoms with van der Waals surface area (Å²) in [5.41, 5.74) is 1.79. The molecule has 1 unspecified atom stereocenters. The standard InChI is InChI=1S/C19H31N/c1-2-7-20-19(15-5-3-4-6-15)18-16-9-13-8-14(11-16)12-17(18)10-13/h5,13-14,16-20H,2-4,6-12H2,1H3. The zero-order valence-corrected chi connectivity index (χ0v) is 13.1. The lowest BCUT2D eigenvalue weighted by atomic mass is 9.50. The van der Waals surface area contributed by atoms with Crippen LogP contribution < -0.4 is 5.32 Å². The van der Waals surface area contributed by atoms with Crippen molar-refractivity contribution >= 4 is 0 Å². The maximum absolute atomic E-state index is 3.97. The molecule has 0 radical (unpaired) electrons. The Hall–Kier alpha value is -0.300. The smallest absolute Gasteiger partial charge is 0.0313 e. The van der Waals surface area contributed by atoms with Crippen LogP contribution in [0.2, 0.25) is 0 Å². The molecule has 1 heteroatoms. The fourth-order valence-corrected chi connectivity index (χ4v) is 6.30. The number of nitrogens with one attached hydrogen (secondary N) is 1. The second-order valence-corrected chi connectivity index (χ2v) is 8.11. The molecule has 20 heavy (non-hydrogen) atoms. The summed E-state index contributed by atoms with van der Waals surface area (Å²) in [6.45, 7) is 3.52. The van der Waals surface area contributed by atoms with Gasteiger partial charge in [-0.05, 0) is 93.9 Å². The van der Waals surface area contributed by atoms with E-state index in [9.17, 15) is 0 Å². The van der Waals surface area contributed by atoms with Crippen LogP contribution in [-0.4, -0.2) is 12.6 Å². The molecule has 0 amide bonds. The van der Waals surface area contributed by atoms with E-state index >= 15 is 0 Å². The van der Waals surface area contributed by atoms with Crippen molar-refractivity contribution in [2.24, 2.45) is 29.6 Å². The largest absolute Gasteiger partial charge is 0.310 e. The quantitative estimate of drug-likeness (QED) is 0.725. The zero-order valence-electron chi connectivity index (χ0n) is 13.1. The summed E-state index contributed by atoms with van der Waals surface area (Å²) >= 11 is 0. The predicted molar refractivity (Wildman–Crippen MR) is 84.6 cm³/mol. The van der Waals surface area contributed by atoms with Gasteiger partial charge < -0.3 is 5.32 Å². The van der Waals surface area contributed by atoms with Gasteiger partial charge in [0, 0.05) is 6.04 Å². The first-order valence-electron chi connectivity index (χ1n) is 9.27. The molecule has 5 aliphatic carbocycles. The highest BCUT2D eigenvalue weighted by Gasteiger charge is 2.50. The molecule has 112 valence electrons. The van der Waals surface area contributed by atoms with Gasteiger partial charge in [0.15, 0.2) is 0 Å². The van der Waals surface area contributed by atoms with Crippen molar-refractivity contribution in [1.29, 1.82) is 0 Å². The number of hydrogen-bond acceptors (Lipinski definition) is 1. The molecule has 1 nitrogen and oxygen atoms in total. The van der Waals surface area contributed by atoms with E-state index < -0.39 is 0 Å². The Kier molecular flexibility index (Phi) is 3.66. The number of allylic oxidation sites excluding steroid dienone is 1. The van der Waals surface area contributed by atoms with Crippen molar-refractivity contribution in [2.45, 2.75) is 70.8 Å². The Morgan fingerprint density at radius 1 is 1.10 bits per heavy atom. The Labute approximate surface area is 124 Å². The summed E-state index contributed by atoms with van der Waals surface area (Å²) < 4.78 is 0. The van der Waals surface area contributed by atoms with E-state index in [-0.39, 0.29) is 0 Å². The summed E-state index contributed by atoms with van der Waals surface area (Å²) in [4.78, 5) is 0. The van der Waals surface area contributed by atoms with Gasteiger partial charge >= 0.3 is 0 Å². The number of rotatable bonds is 5. The van der Waals surface area contributed by atoms with E-state index in [1.54, 1.807) is 37.7 Å². The minimum absolute atomic E-state index is 0.743. The van der Waals surface area contributed by atoms with E-state index in [1.165, 1.54) is 32.2 Å². The maximum atomic E-state index is 3.97. The van der Waals surface area contributed by atoms with Crippen molar-refractivity contribution in [3.8, 4) is 0 Å². The van der Waals surface area contributed by atoms with Gasteiger partial charge in [0.2, 0.25) is 0 Å². The molecule has 0 aromatic carbocycles. The Morgan fingerprint density at radius 3 is 2.35 bits per heavy atom. The number of hydrogen-bond donors (Lipinski definition) is 1. The molecule has 5 rings (SSSR count). The van der Waals surface area contributed by atoms with Crippen LogP contribution >= 0.6 is 0 Å². The van der Waals surface area contributed by atoms with Gasteiger partial charge in [-0.25, -0.2) is 0 Å². The third-order valence-corrected chi connectivity index (χ3v) is 6.77. The fourth-order valence-electron chi connectivity index (χ4n) is 6.30. The van der Waals surface area contributed by atoms with Gasteiger partial charge in [-0.3, -0.25) is 0 Å². The summed E-state index contributed by atoms with van der Waals surface area (Å²) in [6.07, 6.45) is 15.8. The molecule has 4 bridgehead atoms. The van der Waals surface area contributed by atoms with Crippen molar-refractivity contribution in [3.63, 3.8) is 0 Å². The van der Waals surface area contributed by atoms with Crippen LogP contribution in [0, 0.1) is 29.6 Å². The van der Waals surface area contributed by atoms with Crippen molar-refractivity contribution < 1.29 is 0 Å². The van der Waals surface area contributed by atoms with Crippen molar-refractivity contribution in [1.82, 2.24) is 5.32 Å². The lowest BCUT2D eigenvalue weighted by Gasteiger charge is -2.56. The molecule has 1 atom stereocenters. The Balaban J connectivity index is 1.56. The summed E-state index contributed by atoms with van der Waals surface area (Å²) in [5.74, 6) is 5.32. The molecule has 0 aliphatic heterocycles. The van der Waals surface area contributed by atoms with Crippen LogP contribution in [0.25, 0.3) is 0 Å². The topological polar surface area (TPSA) is 12.0 Å². The van der Waals surface area contributed by atoms with E-state index in [1.807, 2.05) is 0 Å². The van der Waals surface area contributed by atoms with Crippen molar-refractivity contribution in [2.75, 3.05) is 6.54 Å². The third kappa shape index (κ3) is 2.26. The van der Waals surface area contributed by atoms with Gasteiger partial charge in [0.25, 0.3) is 0 Å². The molecule has 0 heterocycles. The summed E-state index contributed by atoms with van der Waals surface area (Å²) in [6, 6.07) is 0.743. The van der Waals surface area contributed by atoms with Crippen LogP contribution in [0.4, 0.5) is 0 Å². The highest BCUT2D eigenvalue weighted by molar-refractivity contribution is 5.19. The van der Waals surface area contributed by atoms with Crippen molar-refractivity contribution in [3.05, 3.63) is 11.6 Å². The van der Waals surface area contributed by atoms with Gasteiger partial charge in [-0.1, -0.05) is 18.6 Å². The van der Waals surface area contributed by atoms with Crippen LogP contribution in [0.5, 0.6) is 0 Å². The van der Waals surface area contributed by atoms with Gasteiger partial charge in [-0.15, -0.1) is 0 Å². The first kappa shape index (κ1) is 13.4. The van der Waals surface area contributed by atoms with E-state index in [0.717, 1.165) is 35.6 Å². The lowest BCUT2D eigenvalue weighted by Crippen LogP contribution is -2.53. The SMILES string of the molecule is CCCNC(C1=CCCC1)C1C2CC3CC(C2)CC1C3. The highest BCUT2D eigenvalue weighted by Crippen LogP contribution is 2.58. The average molecular weight is 273 g/mol. The highest BCUT2D eigenvalue weighted by atomic mass is 14.9. The normalized spacial score (nSPS) is 43.9. The molecule has 4 fully saturated rings. The molecule has 4 saturated carbocycles. The van der Waals surface area contributed by atoms with Gasteiger partial charge in [-0.2, -0.15) is 0 Å². The lowest BCUT2D eigenvalue weighted by molar-refractivity contribution is -0.0469. The maximum Gasteiger partial charge on any atom is 0.0313 e. The summed E-state index contributed by atoms with van der Waals surface area (Å²) in [5, 5.41) is 3.97. The third-order valence-electron chi connectivity index (χ3n) is 6.77. The molecule has 5 aliphatic rings. The minimum atomic E-state index is 0.743. The van der Waals surface area contributed by atoms with E-state index in [0.29, 0.717) is 0 Å². The van der Waals surface area contributed by atoms with Gasteiger partial charge in [0.1, 0.15) is 0 Å². The second-order valence-electron chi connectivity index (χ2n) is 8.11. The van der Waals surface area contributed by atoms with Crippen LogP contribution in [0.1, 0.15) is 64.7 Å². The minimum Gasteiger partial charge on any atom is -0.310 e. The van der Waals surface area contributed by atoms with Gasteiger partial charge in [0.05, 0.1) is 0 Å². The monoisotopic (exact) mass is 273 g/mol. The van der Waals surface area contributed by atoms with E-state index in [4.69, 9.17) is 0 Å². The second kappa shape index (κ2) is 5.48. The Bertz CT molecular complexity index is 355. The fraction of sp³-hybridized carbons (Fsp3) is 0.895. The van der Waals surface area contributed by atoms with Crippen LogP contribution in [0.15, 0.2) is 11.6 Å². The molecule has 0 saturated heterocycles. The molecule has 0 spiro atoms. The van der Waals surface area contributed by atoms with Crippen LogP contribution in [-0.2, 0) is 0 Å². The Morgan fingerprint density at radius 2 is 1.80 bits per heavy atom. The molecule has 1 N–H and O–H groups in total. The predicted octanol–water partition coefficient (Wildman–Crippen LogP) is 4.54. The summed E-state index contributed by atoms with van der Waals surface area (Å²) in [7, 11) is 0. The van der Waals surface area contributed by atoms with E-state index in [2.05, 4.69) is 18.3 Å².